The van der Waals surface area contributed by atoms with Gasteiger partial charge in [0.15, 0.2) is 5.69 Å². The highest BCUT2D eigenvalue weighted by Crippen LogP contribution is 2.19. The van der Waals surface area contributed by atoms with E-state index in [1.807, 2.05) is 6.92 Å². The number of hydrogen-bond donors (Lipinski definition) is 2. The van der Waals surface area contributed by atoms with Crippen LogP contribution in [-0.4, -0.2) is 34.9 Å². The van der Waals surface area contributed by atoms with Gasteiger partial charge in [0.05, 0.1) is 19.3 Å². The van der Waals surface area contributed by atoms with E-state index in [1.54, 1.807) is 55.6 Å². The average Bonchev–Trinajstić information content (AvgIpc) is 2.74. The number of benzene rings is 2. The van der Waals surface area contributed by atoms with Crippen molar-refractivity contribution < 1.29 is 14.3 Å². The van der Waals surface area contributed by atoms with E-state index in [1.165, 1.54) is 0 Å². The van der Waals surface area contributed by atoms with Crippen molar-refractivity contribution in [1.82, 2.24) is 15.2 Å². The molecule has 0 unspecified atom stereocenters. The summed E-state index contributed by atoms with van der Waals surface area (Å²) in [5.74, 6) is 0.463. The van der Waals surface area contributed by atoms with Crippen molar-refractivity contribution in [3.63, 3.8) is 0 Å². The molecule has 3 rings (SSSR count). The first kappa shape index (κ1) is 20.1. The van der Waals surface area contributed by atoms with Gasteiger partial charge in [0, 0.05) is 11.3 Å². The summed E-state index contributed by atoms with van der Waals surface area (Å²) in [5.41, 5.74) is 1.44. The number of aromatic nitrogens is 3. The molecular formula is C21H22N4O4. The first-order valence-electron chi connectivity index (χ1n) is 9.26. The molecule has 0 saturated carbocycles. The number of ether oxygens (including phenoxy) is 2. The zero-order chi connectivity index (χ0) is 20.6. The maximum absolute atomic E-state index is 12.4. The number of nitrogens with one attached hydrogen (secondary N) is 2. The molecule has 0 amide bonds. The molecule has 3 aromatic rings. The Morgan fingerprint density at radius 1 is 1.14 bits per heavy atom. The lowest BCUT2D eigenvalue weighted by Crippen LogP contribution is -2.15. The van der Waals surface area contributed by atoms with E-state index in [2.05, 4.69) is 20.5 Å². The normalized spacial score (nSPS) is 10.4. The van der Waals surface area contributed by atoms with Gasteiger partial charge >= 0.3 is 5.97 Å². The third kappa shape index (κ3) is 5.19. The minimum absolute atomic E-state index is 0.170. The molecule has 0 atom stereocenters. The van der Waals surface area contributed by atoms with Crippen LogP contribution >= 0.6 is 0 Å². The number of anilines is 2. The van der Waals surface area contributed by atoms with E-state index < -0.39 is 5.97 Å². The van der Waals surface area contributed by atoms with Crippen molar-refractivity contribution in [3.8, 4) is 17.0 Å². The van der Waals surface area contributed by atoms with Crippen LogP contribution in [0.3, 0.4) is 0 Å². The summed E-state index contributed by atoms with van der Waals surface area (Å²) < 4.78 is 10.3. The molecule has 0 bridgehead atoms. The lowest BCUT2D eigenvalue weighted by Gasteiger charge is -2.08. The predicted molar refractivity (Wildman–Crippen MR) is 110 cm³/mol. The quantitative estimate of drug-likeness (QED) is 0.444. The maximum Gasteiger partial charge on any atom is 0.338 e. The van der Waals surface area contributed by atoms with Gasteiger partial charge in [-0.1, -0.05) is 19.4 Å². The van der Waals surface area contributed by atoms with E-state index in [9.17, 15) is 9.59 Å². The van der Waals surface area contributed by atoms with Crippen molar-refractivity contribution >= 4 is 17.6 Å². The van der Waals surface area contributed by atoms with Gasteiger partial charge in [0.1, 0.15) is 5.75 Å². The minimum Gasteiger partial charge on any atom is -0.497 e. The Morgan fingerprint density at radius 2 is 1.93 bits per heavy atom. The molecule has 0 aliphatic rings. The number of carbonyl (C=O) groups is 1. The maximum atomic E-state index is 12.4. The smallest absolute Gasteiger partial charge is 0.338 e. The van der Waals surface area contributed by atoms with Gasteiger partial charge < -0.3 is 14.8 Å². The molecule has 1 aromatic heterocycles. The summed E-state index contributed by atoms with van der Waals surface area (Å²) in [5, 5.41) is 11.0. The highest BCUT2D eigenvalue weighted by atomic mass is 16.5. The molecule has 0 radical (unpaired) electrons. The van der Waals surface area contributed by atoms with Crippen LogP contribution in [-0.2, 0) is 4.74 Å². The fourth-order valence-electron chi connectivity index (χ4n) is 2.58. The molecule has 8 nitrogen and oxygen atoms in total. The number of hydrogen-bond acceptors (Lipinski definition) is 7. The van der Waals surface area contributed by atoms with E-state index in [0.717, 1.165) is 12.8 Å². The summed E-state index contributed by atoms with van der Waals surface area (Å²) in [6.07, 6.45) is 1.77. The SMILES string of the molecule is CCCCOC(=O)c1cccc(Nc2nnc(-c3ccc(OC)cc3)c(=O)[nH]2)c1. The third-order valence-electron chi connectivity index (χ3n) is 4.15. The Kier molecular flexibility index (Phi) is 6.57. The molecule has 0 saturated heterocycles. The minimum atomic E-state index is -0.392. The van der Waals surface area contributed by atoms with Crippen molar-refractivity contribution in [3.05, 3.63) is 64.4 Å². The highest BCUT2D eigenvalue weighted by Gasteiger charge is 2.10. The largest absolute Gasteiger partial charge is 0.497 e. The Hall–Kier alpha value is -3.68. The standard InChI is InChI=1S/C21H22N4O4/c1-3-4-12-29-20(27)15-6-5-7-16(13-15)22-21-23-19(26)18(24-25-21)14-8-10-17(28-2)11-9-14/h5-11,13H,3-4,12H2,1-2H3,(H2,22,23,25,26). The number of nitrogens with zero attached hydrogens (tertiary/aromatic N) is 2. The van der Waals surface area contributed by atoms with Gasteiger partial charge in [-0.15, -0.1) is 10.2 Å². The van der Waals surface area contributed by atoms with E-state index in [4.69, 9.17) is 9.47 Å². The molecule has 2 aromatic carbocycles. The predicted octanol–water partition coefficient (Wildman–Crippen LogP) is 3.54. The number of unbranched alkanes of at least 4 members (excludes halogenated alkanes) is 1. The fraction of sp³-hybridized carbons (Fsp3) is 0.238. The van der Waals surface area contributed by atoms with E-state index in [-0.39, 0.29) is 17.2 Å². The summed E-state index contributed by atoms with van der Waals surface area (Å²) in [6.45, 7) is 2.42. The number of rotatable bonds is 8. The molecule has 0 aliphatic heterocycles. The Labute approximate surface area is 167 Å². The van der Waals surface area contributed by atoms with Gasteiger partial charge in [0.2, 0.25) is 5.95 Å². The van der Waals surface area contributed by atoms with E-state index >= 15 is 0 Å². The summed E-state index contributed by atoms with van der Waals surface area (Å²) in [4.78, 5) is 27.1. The number of methoxy groups -OCH3 is 1. The monoisotopic (exact) mass is 394 g/mol. The molecule has 1 heterocycles. The van der Waals surface area contributed by atoms with Gasteiger partial charge in [-0.2, -0.15) is 0 Å². The molecule has 2 N–H and O–H groups in total. The van der Waals surface area contributed by atoms with Gasteiger partial charge in [-0.25, -0.2) is 4.79 Å². The molecule has 0 spiro atoms. The first-order valence-corrected chi connectivity index (χ1v) is 9.26. The summed E-state index contributed by atoms with van der Waals surface area (Å²) in [7, 11) is 1.57. The molecule has 8 heteroatoms. The molecule has 0 aliphatic carbocycles. The second-order valence-electron chi connectivity index (χ2n) is 6.28. The van der Waals surface area contributed by atoms with Crippen molar-refractivity contribution in [2.24, 2.45) is 0 Å². The van der Waals surface area contributed by atoms with Crippen LogP contribution in [0.1, 0.15) is 30.1 Å². The Balaban J connectivity index is 1.73. The van der Waals surface area contributed by atoms with Crippen LogP contribution in [0.4, 0.5) is 11.6 Å². The number of esters is 1. The third-order valence-corrected chi connectivity index (χ3v) is 4.15. The molecule has 150 valence electrons. The van der Waals surface area contributed by atoms with Gasteiger partial charge in [0.25, 0.3) is 5.56 Å². The number of carbonyl (C=O) groups excluding carboxylic acids is 1. The summed E-state index contributed by atoms with van der Waals surface area (Å²) >= 11 is 0. The zero-order valence-corrected chi connectivity index (χ0v) is 16.3. The van der Waals surface area contributed by atoms with E-state index in [0.29, 0.717) is 29.2 Å². The highest BCUT2D eigenvalue weighted by molar-refractivity contribution is 5.90. The molecular weight excluding hydrogens is 372 g/mol. The van der Waals surface area contributed by atoms with Crippen molar-refractivity contribution in [2.45, 2.75) is 19.8 Å². The number of aromatic amines is 1. The lowest BCUT2D eigenvalue weighted by molar-refractivity contribution is 0.0500. The number of H-pyrrole nitrogens is 1. The first-order chi connectivity index (χ1) is 14.1. The van der Waals surface area contributed by atoms with Crippen LogP contribution in [0.5, 0.6) is 5.75 Å². The van der Waals surface area contributed by atoms with Crippen LogP contribution < -0.4 is 15.6 Å². The second kappa shape index (κ2) is 9.50. The zero-order valence-electron chi connectivity index (χ0n) is 16.3. The van der Waals surface area contributed by atoms with Crippen LogP contribution in [0.2, 0.25) is 0 Å². The lowest BCUT2D eigenvalue weighted by atomic mass is 10.1. The second-order valence-corrected chi connectivity index (χ2v) is 6.28. The fourth-order valence-corrected chi connectivity index (χ4v) is 2.58. The van der Waals surface area contributed by atoms with Gasteiger partial charge in [-0.3, -0.25) is 9.78 Å². The van der Waals surface area contributed by atoms with Crippen molar-refractivity contribution in [1.29, 1.82) is 0 Å². The Bertz CT molecular complexity index is 1030. The van der Waals surface area contributed by atoms with Crippen LogP contribution in [0.25, 0.3) is 11.3 Å². The molecule has 29 heavy (non-hydrogen) atoms. The van der Waals surface area contributed by atoms with Crippen molar-refractivity contribution in [2.75, 3.05) is 19.0 Å². The topological polar surface area (TPSA) is 106 Å². The average molecular weight is 394 g/mol. The summed E-state index contributed by atoms with van der Waals surface area (Å²) in [6, 6.07) is 13.7. The molecule has 0 fully saturated rings. The van der Waals surface area contributed by atoms with Crippen LogP contribution in [0.15, 0.2) is 53.3 Å². The Morgan fingerprint density at radius 3 is 2.62 bits per heavy atom. The van der Waals surface area contributed by atoms with Gasteiger partial charge in [-0.05, 0) is 48.9 Å². The van der Waals surface area contributed by atoms with Crippen LogP contribution in [0, 0.1) is 0 Å².